The molecular formula is C15H11N5O3. The van der Waals surface area contributed by atoms with Crippen molar-refractivity contribution in [2.45, 2.75) is 13.3 Å². The van der Waals surface area contributed by atoms with Gasteiger partial charge in [0.2, 0.25) is 5.89 Å². The van der Waals surface area contributed by atoms with E-state index in [2.05, 4.69) is 25.3 Å². The topological polar surface area (TPSA) is 111 Å². The number of nitrogens with one attached hydrogen (secondary N) is 1. The van der Waals surface area contributed by atoms with Crippen LogP contribution in [0.3, 0.4) is 0 Å². The number of H-pyrrole nitrogens is 1. The predicted molar refractivity (Wildman–Crippen MR) is 79.7 cm³/mol. The molecule has 0 radical (unpaired) electrons. The quantitative estimate of drug-likeness (QED) is 0.614. The summed E-state index contributed by atoms with van der Waals surface area (Å²) < 4.78 is 10.1. The maximum Gasteiger partial charge on any atom is 0.274 e. The number of aryl methyl sites for hydroxylation is 1. The van der Waals surface area contributed by atoms with Gasteiger partial charge in [0.15, 0.2) is 11.6 Å². The number of hydrogen-bond acceptors (Lipinski definition) is 7. The Morgan fingerprint density at radius 2 is 1.87 bits per heavy atom. The number of pyridine rings is 1. The zero-order chi connectivity index (χ0) is 15.8. The molecule has 3 aromatic heterocycles. The molecule has 0 aliphatic heterocycles. The molecule has 8 nitrogen and oxygen atoms in total. The van der Waals surface area contributed by atoms with Crippen LogP contribution in [0.1, 0.15) is 17.5 Å². The highest BCUT2D eigenvalue weighted by Crippen LogP contribution is 2.18. The molecule has 4 aromatic rings. The largest absolute Gasteiger partial charge is 0.340 e. The number of aromatic nitrogens is 5. The summed E-state index contributed by atoms with van der Waals surface area (Å²) in [5.41, 5.74) is 0.267. The van der Waals surface area contributed by atoms with Crippen LogP contribution in [0.25, 0.3) is 22.4 Å². The van der Waals surface area contributed by atoms with E-state index in [1.165, 1.54) is 0 Å². The van der Waals surface area contributed by atoms with Crippen LogP contribution >= 0.6 is 0 Å². The first-order valence-electron chi connectivity index (χ1n) is 6.93. The van der Waals surface area contributed by atoms with Gasteiger partial charge in [-0.05, 0) is 17.5 Å². The van der Waals surface area contributed by atoms with E-state index >= 15 is 0 Å². The Hall–Kier alpha value is -3.29. The van der Waals surface area contributed by atoms with Gasteiger partial charge in [-0.1, -0.05) is 28.5 Å². The summed E-state index contributed by atoms with van der Waals surface area (Å²) >= 11 is 0. The van der Waals surface area contributed by atoms with Gasteiger partial charge in [-0.3, -0.25) is 4.79 Å². The summed E-state index contributed by atoms with van der Waals surface area (Å²) in [5.74, 6) is 1.60. The van der Waals surface area contributed by atoms with Crippen LogP contribution in [0, 0.1) is 6.92 Å². The Morgan fingerprint density at radius 3 is 2.70 bits per heavy atom. The first-order valence-corrected chi connectivity index (χ1v) is 6.93. The molecule has 23 heavy (non-hydrogen) atoms. The molecule has 4 rings (SSSR count). The molecule has 3 heterocycles. The highest BCUT2D eigenvalue weighted by atomic mass is 16.5. The minimum atomic E-state index is -0.202. The molecule has 0 atom stereocenters. The number of aromatic amines is 1. The second-order valence-corrected chi connectivity index (χ2v) is 5.02. The van der Waals surface area contributed by atoms with Gasteiger partial charge in [-0.2, -0.15) is 9.97 Å². The zero-order valence-electron chi connectivity index (χ0n) is 12.1. The van der Waals surface area contributed by atoms with Crippen LogP contribution in [0.4, 0.5) is 0 Å². The van der Waals surface area contributed by atoms with Crippen LogP contribution in [0.15, 0.2) is 44.2 Å². The third kappa shape index (κ3) is 2.50. The number of hydrogen-bond donors (Lipinski definition) is 1. The molecule has 0 bridgehead atoms. The first-order chi connectivity index (χ1) is 11.2. The highest BCUT2D eigenvalue weighted by molar-refractivity contribution is 5.84. The molecule has 0 aliphatic rings. The van der Waals surface area contributed by atoms with Gasteiger partial charge < -0.3 is 14.0 Å². The van der Waals surface area contributed by atoms with Crippen molar-refractivity contribution in [3.63, 3.8) is 0 Å². The van der Waals surface area contributed by atoms with E-state index in [9.17, 15) is 4.79 Å². The number of rotatable bonds is 3. The lowest BCUT2D eigenvalue weighted by atomic mass is 10.1. The molecule has 114 valence electrons. The second kappa shape index (κ2) is 5.16. The lowest BCUT2D eigenvalue weighted by Gasteiger charge is -1.98. The molecule has 0 saturated heterocycles. The molecule has 0 amide bonds. The van der Waals surface area contributed by atoms with Gasteiger partial charge in [0.25, 0.3) is 11.4 Å². The molecule has 0 unspecified atom stereocenters. The molecule has 1 aromatic carbocycles. The van der Waals surface area contributed by atoms with E-state index in [1.807, 2.05) is 18.2 Å². The molecule has 0 aliphatic carbocycles. The fraction of sp³-hybridized carbons (Fsp3) is 0.133. The van der Waals surface area contributed by atoms with Crippen molar-refractivity contribution in [1.29, 1.82) is 0 Å². The summed E-state index contributed by atoms with van der Waals surface area (Å²) in [5, 5.41) is 9.07. The van der Waals surface area contributed by atoms with Gasteiger partial charge in [0.05, 0.1) is 6.42 Å². The van der Waals surface area contributed by atoms with Crippen LogP contribution in [-0.2, 0) is 6.42 Å². The van der Waals surface area contributed by atoms with E-state index in [4.69, 9.17) is 9.05 Å². The standard InChI is InChI=1S/C15H11N5O3/c1-8-16-12(19-22-8)7-13-18-15(23-20-13)11-6-9-4-2-3-5-10(9)14(21)17-11/h2-6H,7H2,1H3,(H,17,21). The van der Waals surface area contributed by atoms with Crippen LogP contribution in [-0.4, -0.2) is 25.3 Å². The SMILES string of the molecule is Cc1nc(Cc2noc(-c3cc4ccccc4c(=O)[nH]3)n2)no1. The molecule has 0 fully saturated rings. The van der Waals surface area contributed by atoms with E-state index < -0.39 is 0 Å². The Morgan fingerprint density at radius 1 is 1.09 bits per heavy atom. The second-order valence-electron chi connectivity index (χ2n) is 5.02. The Balaban J connectivity index is 1.70. The first kappa shape index (κ1) is 13.4. The van der Waals surface area contributed by atoms with E-state index in [-0.39, 0.29) is 11.4 Å². The lowest BCUT2D eigenvalue weighted by molar-refractivity contribution is 0.387. The van der Waals surface area contributed by atoms with Crippen molar-refractivity contribution in [3.05, 3.63) is 58.2 Å². The van der Waals surface area contributed by atoms with Gasteiger partial charge in [-0.25, -0.2) is 0 Å². The third-order valence-electron chi connectivity index (χ3n) is 3.34. The predicted octanol–water partition coefficient (Wildman–Crippen LogP) is 1.86. The van der Waals surface area contributed by atoms with Crippen LogP contribution in [0.2, 0.25) is 0 Å². The van der Waals surface area contributed by atoms with E-state index in [0.29, 0.717) is 35.0 Å². The normalized spacial score (nSPS) is 11.2. The average Bonchev–Trinajstić information content (AvgIpc) is 3.17. The van der Waals surface area contributed by atoms with Crippen molar-refractivity contribution in [2.75, 3.05) is 0 Å². The van der Waals surface area contributed by atoms with Gasteiger partial charge in [0.1, 0.15) is 5.69 Å². The Bertz CT molecular complexity index is 1050. The van der Waals surface area contributed by atoms with Crippen molar-refractivity contribution in [3.8, 4) is 11.6 Å². The maximum absolute atomic E-state index is 12.1. The van der Waals surface area contributed by atoms with Crippen molar-refractivity contribution >= 4 is 10.8 Å². The molecule has 8 heteroatoms. The fourth-order valence-electron chi connectivity index (χ4n) is 2.32. The van der Waals surface area contributed by atoms with E-state index in [0.717, 1.165) is 5.39 Å². The van der Waals surface area contributed by atoms with Gasteiger partial charge >= 0.3 is 0 Å². The summed E-state index contributed by atoms with van der Waals surface area (Å²) in [6.07, 6.45) is 0.290. The Labute approximate surface area is 129 Å². The van der Waals surface area contributed by atoms with E-state index in [1.54, 1.807) is 19.1 Å². The summed E-state index contributed by atoms with van der Waals surface area (Å²) in [7, 11) is 0. The highest BCUT2D eigenvalue weighted by Gasteiger charge is 2.14. The molecule has 0 saturated carbocycles. The minimum absolute atomic E-state index is 0.202. The zero-order valence-corrected chi connectivity index (χ0v) is 12.1. The minimum Gasteiger partial charge on any atom is -0.340 e. The van der Waals surface area contributed by atoms with Crippen molar-refractivity contribution in [2.24, 2.45) is 0 Å². The van der Waals surface area contributed by atoms with Crippen molar-refractivity contribution < 1.29 is 9.05 Å². The Kier molecular flexibility index (Phi) is 3.00. The summed E-state index contributed by atoms with van der Waals surface area (Å²) in [6.45, 7) is 1.71. The molecular weight excluding hydrogens is 298 g/mol. The maximum atomic E-state index is 12.1. The van der Waals surface area contributed by atoms with Gasteiger partial charge in [0, 0.05) is 12.3 Å². The molecule has 1 N–H and O–H groups in total. The number of benzene rings is 1. The summed E-state index contributed by atoms with van der Waals surface area (Å²) in [6, 6.07) is 9.09. The lowest BCUT2D eigenvalue weighted by Crippen LogP contribution is -2.07. The van der Waals surface area contributed by atoms with Crippen molar-refractivity contribution in [1.82, 2.24) is 25.3 Å². The third-order valence-corrected chi connectivity index (χ3v) is 3.34. The number of nitrogens with zero attached hydrogens (tertiary/aromatic N) is 4. The van der Waals surface area contributed by atoms with Gasteiger partial charge in [-0.15, -0.1) is 0 Å². The fourth-order valence-corrected chi connectivity index (χ4v) is 2.32. The monoisotopic (exact) mass is 309 g/mol. The smallest absolute Gasteiger partial charge is 0.274 e. The summed E-state index contributed by atoms with van der Waals surface area (Å²) in [4.78, 5) is 23.2. The molecule has 0 spiro atoms. The number of fused-ring (bicyclic) bond motifs is 1. The van der Waals surface area contributed by atoms with Crippen LogP contribution < -0.4 is 5.56 Å². The van der Waals surface area contributed by atoms with Crippen LogP contribution in [0.5, 0.6) is 0 Å². The average molecular weight is 309 g/mol.